The molecular formula is C26H29N5O2. The molecule has 3 heterocycles. The lowest BCUT2D eigenvalue weighted by molar-refractivity contribution is -0.0365. The van der Waals surface area contributed by atoms with Gasteiger partial charge in [-0.1, -0.05) is 42.0 Å². The van der Waals surface area contributed by atoms with Crippen LogP contribution in [0.2, 0.25) is 0 Å². The first-order valence-electron chi connectivity index (χ1n) is 11.4. The van der Waals surface area contributed by atoms with Gasteiger partial charge in [0.1, 0.15) is 11.7 Å². The molecule has 0 aliphatic carbocycles. The molecule has 0 atom stereocenters. The third-order valence-electron chi connectivity index (χ3n) is 6.71. The first-order chi connectivity index (χ1) is 15.9. The Balaban J connectivity index is 1.30. The number of hydrogen-bond acceptors (Lipinski definition) is 5. The van der Waals surface area contributed by atoms with Crippen molar-refractivity contribution in [2.45, 2.75) is 45.4 Å². The highest BCUT2D eigenvalue weighted by Gasteiger charge is 2.33. The van der Waals surface area contributed by atoms with Crippen molar-refractivity contribution in [3.05, 3.63) is 88.1 Å². The van der Waals surface area contributed by atoms with E-state index >= 15 is 0 Å². The third-order valence-corrected chi connectivity index (χ3v) is 6.71. The highest BCUT2D eigenvalue weighted by molar-refractivity contribution is 5.74. The molecule has 1 saturated heterocycles. The molecular weight excluding hydrogens is 414 g/mol. The topological polar surface area (TPSA) is 76.2 Å². The van der Waals surface area contributed by atoms with Crippen LogP contribution in [-0.2, 0) is 13.1 Å². The molecule has 0 amide bonds. The number of likely N-dealkylation sites (tertiary alicyclic amines) is 1. The fourth-order valence-electron chi connectivity index (χ4n) is 4.63. The van der Waals surface area contributed by atoms with Crippen molar-refractivity contribution in [3.8, 4) is 5.69 Å². The molecule has 5 rings (SSSR count). The Morgan fingerprint density at radius 2 is 1.82 bits per heavy atom. The van der Waals surface area contributed by atoms with Gasteiger partial charge >= 0.3 is 0 Å². The smallest absolute Gasteiger partial charge is 0.264 e. The standard InChI is InChI=1S/C26H29N5O2/c1-19-8-9-20(2)21(14-19)16-29-12-10-26(33,11-13-29)17-30-18-27-24-23(25(30)32)15-28-31(24)22-6-4-3-5-7-22/h3-9,14-15,18,33H,10-13,16-17H2,1-2H3. The van der Waals surface area contributed by atoms with Crippen LogP contribution in [0.3, 0.4) is 0 Å². The summed E-state index contributed by atoms with van der Waals surface area (Å²) in [5, 5.41) is 16.1. The van der Waals surface area contributed by atoms with Crippen LogP contribution >= 0.6 is 0 Å². The second kappa shape index (κ2) is 8.57. The number of piperidine rings is 1. The number of rotatable bonds is 5. The molecule has 1 fully saturated rings. The van der Waals surface area contributed by atoms with Gasteiger partial charge in [-0.25, -0.2) is 9.67 Å². The van der Waals surface area contributed by atoms with Crippen molar-refractivity contribution >= 4 is 11.0 Å². The van der Waals surface area contributed by atoms with Crippen LogP contribution < -0.4 is 5.56 Å². The summed E-state index contributed by atoms with van der Waals surface area (Å²) in [6.07, 6.45) is 4.33. The Hall–Kier alpha value is -3.29. The number of aliphatic hydroxyl groups is 1. The summed E-state index contributed by atoms with van der Waals surface area (Å²) in [4.78, 5) is 20.0. The molecule has 0 bridgehead atoms. The van der Waals surface area contributed by atoms with E-state index in [9.17, 15) is 9.90 Å². The quantitative estimate of drug-likeness (QED) is 0.513. The molecule has 7 nitrogen and oxygen atoms in total. The molecule has 2 aromatic carbocycles. The molecule has 2 aromatic heterocycles. The molecule has 0 saturated carbocycles. The number of benzene rings is 2. The molecule has 7 heteroatoms. The zero-order valence-corrected chi connectivity index (χ0v) is 19.1. The van der Waals surface area contributed by atoms with Crippen molar-refractivity contribution in [3.63, 3.8) is 0 Å². The van der Waals surface area contributed by atoms with Gasteiger partial charge in [0.15, 0.2) is 5.65 Å². The minimum atomic E-state index is -0.924. The van der Waals surface area contributed by atoms with E-state index < -0.39 is 5.60 Å². The summed E-state index contributed by atoms with van der Waals surface area (Å²) in [6.45, 7) is 6.97. The van der Waals surface area contributed by atoms with Crippen LogP contribution in [0.5, 0.6) is 0 Å². The van der Waals surface area contributed by atoms with Gasteiger partial charge in [0.05, 0.1) is 24.0 Å². The van der Waals surface area contributed by atoms with Crippen LogP contribution in [0.25, 0.3) is 16.7 Å². The maximum atomic E-state index is 13.1. The van der Waals surface area contributed by atoms with E-state index in [0.717, 1.165) is 25.3 Å². The van der Waals surface area contributed by atoms with Crippen LogP contribution in [0.4, 0.5) is 0 Å². The predicted molar refractivity (Wildman–Crippen MR) is 129 cm³/mol. The lowest BCUT2D eigenvalue weighted by atomic mass is 9.90. The maximum absolute atomic E-state index is 13.1. The van der Waals surface area contributed by atoms with Gasteiger partial charge in [-0.15, -0.1) is 0 Å². The Morgan fingerprint density at radius 1 is 1.06 bits per heavy atom. The molecule has 1 N–H and O–H groups in total. The average molecular weight is 444 g/mol. The number of aromatic nitrogens is 4. The van der Waals surface area contributed by atoms with Crippen LogP contribution in [0, 0.1) is 13.8 Å². The lowest BCUT2D eigenvalue weighted by Crippen LogP contribution is -2.47. The lowest BCUT2D eigenvalue weighted by Gasteiger charge is -2.38. The number of para-hydroxylation sites is 1. The minimum absolute atomic E-state index is 0.173. The van der Waals surface area contributed by atoms with E-state index in [4.69, 9.17) is 0 Å². The zero-order valence-electron chi connectivity index (χ0n) is 19.1. The van der Waals surface area contributed by atoms with E-state index in [-0.39, 0.29) is 12.1 Å². The maximum Gasteiger partial charge on any atom is 0.264 e. The Kier molecular flexibility index (Phi) is 5.60. The van der Waals surface area contributed by atoms with Crippen molar-refractivity contribution < 1.29 is 5.11 Å². The Bertz CT molecular complexity index is 1330. The van der Waals surface area contributed by atoms with Crippen molar-refractivity contribution in [2.24, 2.45) is 0 Å². The van der Waals surface area contributed by atoms with Crippen LogP contribution in [-0.4, -0.2) is 48.0 Å². The highest BCUT2D eigenvalue weighted by Crippen LogP contribution is 2.26. The number of aryl methyl sites for hydroxylation is 2. The molecule has 33 heavy (non-hydrogen) atoms. The average Bonchev–Trinajstić information content (AvgIpc) is 3.25. The Morgan fingerprint density at radius 3 is 2.58 bits per heavy atom. The Labute approximate surface area is 192 Å². The summed E-state index contributed by atoms with van der Waals surface area (Å²) in [5.74, 6) is 0. The monoisotopic (exact) mass is 443 g/mol. The molecule has 1 aliphatic heterocycles. The van der Waals surface area contributed by atoms with E-state index in [1.807, 2.05) is 30.3 Å². The summed E-state index contributed by atoms with van der Waals surface area (Å²) >= 11 is 0. The SMILES string of the molecule is Cc1ccc(C)c(CN2CCC(O)(Cn3cnc4c(cnn4-c4ccccc4)c3=O)CC2)c1. The summed E-state index contributed by atoms with van der Waals surface area (Å²) < 4.78 is 3.20. The summed E-state index contributed by atoms with van der Waals surface area (Å²) in [5.41, 5.74) is 4.18. The van der Waals surface area contributed by atoms with E-state index in [1.54, 1.807) is 10.9 Å². The molecule has 4 aromatic rings. The second-order valence-electron chi connectivity index (χ2n) is 9.24. The molecule has 0 spiro atoms. The van der Waals surface area contributed by atoms with E-state index in [1.165, 1.54) is 27.6 Å². The first kappa shape index (κ1) is 21.6. The molecule has 0 unspecified atom stereocenters. The van der Waals surface area contributed by atoms with Gasteiger partial charge in [0.2, 0.25) is 0 Å². The highest BCUT2D eigenvalue weighted by atomic mass is 16.3. The summed E-state index contributed by atoms with van der Waals surface area (Å²) in [6, 6.07) is 16.2. The van der Waals surface area contributed by atoms with Gasteiger partial charge in [-0.3, -0.25) is 14.3 Å². The molecule has 1 aliphatic rings. The minimum Gasteiger partial charge on any atom is -0.388 e. The largest absolute Gasteiger partial charge is 0.388 e. The van der Waals surface area contributed by atoms with Gasteiger partial charge in [0, 0.05) is 19.6 Å². The predicted octanol–water partition coefficient (Wildman–Crippen LogP) is 3.23. The van der Waals surface area contributed by atoms with Gasteiger partial charge in [-0.05, 0) is 49.9 Å². The third kappa shape index (κ3) is 4.34. The van der Waals surface area contributed by atoms with Gasteiger partial charge < -0.3 is 5.11 Å². The summed E-state index contributed by atoms with van der Waals surface area (Å²) in [7, 11) is 0. The van der Waals surface area contributed by atoms with E-state index in [0.29, 0.717) is 23.9 Å². The normalized spacial score (nSPS) is 16.3. The van der Waals surface area contributed by atoms with Crippen molar-refractivity contribution in [1.82, 2.24) is 24.2 Å². The fraction of sp³-hybridized carbons (Fsp3) is 0.346. The first-order valence-corrected chi connectivity index (χ1v) is 11.4. The molecule has 170 valence electrons. The number of nitrogens with zero attached hydrogens (tertiary/aromatic N) is 5. The second-order valence-corrected chi connectivity index (χ2v) is 9.24. The van der Waals surface area contributed by atoms with Crippen molar-refractivity contribution in [1.29, 1.82) is 0 Å². The van der Waals surface area contributed by atoms with Crippen LogP contribution in [0.15, 0.2) is 65.8 Å². The molecule has 0 radical (unpaired) electrons. The van der Waals surface area contributed by atoms with Crippen molar-refractivity contribution in [2.75, 3.05) is 13.1 Å². The number of fused-ring (bicyclic) bond motifs is 1. The zero-order chi connectivity index (χ0) is 23.0. The number of hydrogen-bond donors (Lipinski definition) is 1. The van der Waals surface area contributed by atoms with Gasteiger partial charge in [-0.2, -0.15) is 5.10 Å². The fourth-order valence-corrected chi connectivity index (χ4v) is 4.63. The van der Waals surface area contributed by atoms with Gasteiger partial charge in [0.25, 0.3) is 5.56 Å². The van der Waals surface area contributed by atoms with E-state index in [2.05, 4.69) is 47.0 Å². The van der Waals surface area contributed by atoms with Crippen LogP contribution in [0.1, 0.15) is 29.5 Å².